The summed E-state index contributed by atoms with van der Waals surface area (Å²) < 4.78 is 62.7. The third kappa shape index (κ3) is 20.4. The van der Waals surface area contributed by atoms with Crippen LogP contribution in [0.3, 0.4) is 0 Å². The van der Waals surface area contributed by atoms with Gasteiger partial charge in [0.25, 0.3) is 0 Å². The Morgan fingerprint density at radius 1 is 0.722 bits per heavy atom. The van der Waals surface area contributed by atoms with Gasteiger partial charge in [-0.2, -0.15) is 0 Å². The second-order valence-electron chi connectivity index (χ2n) is 19.8. The second kappa shape index (κ2) is 26.3. The quantitative estimate of drug-likeness (QED) is 0.0605. The molecule has 6 amide bonds. The van der Waals surface area contributed by atoms with Crippen LogP contribution in [0.15, 0.2) is 36.4 Å². The minimum atomic E-state index is -4.15. The zero-order valence-corrected chi connectivity index (χ0v) is 44.4. The molecule has 0 spiro atoms. The van der Waals surface area contributed by atoms with Crippen LogP contribution in [-0.2, 0) is 54.6 Å². The van der Waals surface area contributed by atoms with Crippen LogP contribution in [0.2, 0.25) is 0 Å². The number of likely N-dealkylation sites (N-methyl/N-ethyl adjacent to an activating group) is 1. The molecular formula is C48H74N8O15S. The van der Waals surface area contributed by atoms with E-state index in [1.54, 1.807) is 93.6 Å². The molecule has 0 fully saturated rings. The number of ether oxygens (including phenoxy) is 6. The van der Waals surface area contributed by atoms with Gasteiger partial charge in [-0.15, -0.1) is 0 Å². The highest BCUT2D eigenvalue weighted by Gasteiger charge is 2.37. The molecule has 0 aliphatic carbocycles. The number of sulfonamides is 1. The summed E-state index contributed by atoms with van der Waals surface area (Å²) in [6.07, 6.45) is -2.54. The van der Waals surface area contributed by atoms with Gasteiger partial charge in [-0.25, -0.2) is 32.3 Å². The minimum absolute atomic E-state index is 0.00674. The average molecular weight is 1040 g/mol. The van der Waals surface area contributed by atoms with Crippen molar-refractivity contribution in [1.82, 2.24) is 41.5 Å². The number of esters is 1. The van der Waals surface area contributed by atoms with Crippen molar-refractivity contribution in [3.63, 3.8) is 0 Å². The molecule has 1 heterocycles. The predicted molar refractivity (Wildman–Crippen MR) is 266 cm³/mol. The average Bonchev–Trinajstić information content (AvgIpc) is 3.25. The number of methoxy groups -OCH3 is 1. The Labute approximate surface area is 422 Å². The summed E-state index contributed by atoms with van der Waals surface area (Å²) in [6.45, 7) is 16.3. The van der Waals surface area contributed by atoms with Crippen LogP contribution in [0.1, 0.15) is 92.8 Å². The molecular weight excluding hydrogens is 961 g/mol. The van der Waals surface area contributed by atoms with E-state index in [0.29, 0.717) is 11.1 Å². The highest BCUT2D eigenvalue weighted by Crippen LogP contribution is 2.40. The third-order valence-electron chi connectivity index (χ3n) is 10.0. The van der Waals surface area contributed by atoms with E-state index in [1.807, 2.05) is 0 Å². The van der Waals surface area contributed by atoms with Gasteiger partial charge in [0, 0.05) is 37.7 Å². The maximum absolute atomic E-state index is 14.8. The maximum Gasteiger partial charge on any atom is 0.407 e. The van der Waals surface area contributed by atoms with Crippen LogP contribution in [0, 0.1) is 0 Å². The summed E-state index contributed by atoms with van der Waals surface area (Å²) in [5, 5.41) is 15.9. The highest BCUT2D eigenvalue weighted by molar-refractivity contribution is 7.89. The van der Waals surface area contributed by atoms with Crippen molar-refractivity contribution in [2.75, 3.05) is 66.4 Å². The summed E-state index contributed by atoms with van der Waals surface area (Å²) in [5.41, 5.74) is -1.10. The van der Waals surface area contributed by atoms with E-state index in [2.05, 4.69) is 36.6 Å². The molecule has 7 N–H and O–H groups in total. The SMILES string of the molecule is CNCCS(=O)(=O)N[C@@H](CCNC(=O)OC(C)(C)C)C(=O)N(C)[C@@H]1C(=O)N[C@@H](C)C(=O)N[C@H](C(=O)OC)Cc2ccc(OCCNC(=O)OC(C)(C)C)c(c2)-c2cc1ccc2OCCNC(=O)OC(C)(C)C. The smallest absolute Gasteiger partial charge is 0.407 e. The van der Waals surface area contributed by atoms with E-state index < -0.39 is 98.7 Å². The van der Waals surface area contributed by atoms with Crippen molar-refractivity contribution in [3.05, 3.63) is 47.5 Å². The molecule has 3 rings (SSSR count). The minimum Gasteiger partial charge on any atom is -0.491 e. The van der Waals surface area contributed by atoms with Crippen molar-refractivity contribution in [2.45, 2.75) is 123 Å². The van der Waals surface area contributed by atoms with Crippen LogP contribution in [0.5, 0.6) is 11.5 Å². The molecule has 1 aliphatic rings. The molecule has 0 aromatic heterocycles. The molecule has 72 heavy (non-hydrogen) atoms. The first-order chi connectivity index (χ1) is 33.4. The van der Waals surface area contributed by atoms with Crippen molar-refractivity contribution in [1.29, 1.82) is 0 Å². The van der Waals surface area contributed by atoms with E-state index in [-0.39, 0.29) is 74.9 Å². The molecule has 4 atom stereocenters. The molecule has 23 nitrogen and oxygen atoms in total. The molecule has 0 saturated heterocycles. The van der Waals surface area contributed by atoms with E-state index in [9.17, 15) is 42.0 Å². The molecule has 0 saturated carbocycles. The number of hydrogen-bond acceptors (Lipinski definition) is 16. The molecule has 24 heteroatoms. The fourth-order valence-corrected chi connectivity index (χ4v) is 8.12. The lowest BCUT2D eigenvalue weighted by atomic mass is 9.93. The fourth-order valence-electron chi connectivity index (χ4n) is 6.88. The lowest BCUT2D eigenvalue weighted by molar-refractivity contribution is -0.145. The van der Waals surface area contributed by atoms with Crippen molar-refractivity contribution < 1.29 is 70.4 Å². The van der Waals surface area contributed by atoms with Gasteiger partial charge < -0.3 is 65.2 Å². The highest BCUT2D eigenvalue weighted by atomic mass is 32.2. The van der Waals surface area contributed by atoms with Gasteiger partial charge in [0.15, 0.2) is 0 Å². The number of hydrogen-bond donors (Lipinski definition) is 7. The first kappa shape index (κ1) is 59.9. The molecule has 0 unspecified atom stereocenters. The van der Waals surface area contributed by atoms with Crippen molar-refractivity contribution in [2.24, 2.45) is 0 Å². The van der Waals surface area contributed by atoms with Gasteiger partial charge >= 0.3 is 24.2 Å². The van der Waals surface area contributed by atoms with E-state index in [4.69, 9.17) is 28.4 Å². The number of fused-ring (bicyclic) bond motifs is 5. The zero-order valence-electron chi connectivity index (χ0n) is 43.6. The van der Waals surface area contributed by atoms with Crippen LogP contribution in [-0.4, -0.2) is 157 Å². The molecule has 2 aromatic rings. The van der Waals surface area contributed by atoms with Gasteiger partial charge in [-0.3, -0.25) is 14.4 Å². The third-order valence-corrected chi connectivity index (χ3v) is 11.4. The summed E-state index contributed by atoms with van der Waals surface area (Å²) in [6, 6.07) is 3.85. The largest absolute Gasteiger partial charge is 0.491 e. The summed E-state index contributed by atoms with van der Waals surface area (Å²) in [4.78, 5) is 95.0. The number of nitrogens with one attached hydrogen (secondary N) is 7. The fraction of sp³-hybridized carbons (Fsp3) is 0.604. The molecule has 0 radical (unpaired) electrons. The van der Waals surface area contributed by atoms with Gasteiger partial charge in [0.05, 0.1) is 26.0 Å². The number of alkyl carbamates (subject to hydrolysis) is 3. The Hall–Kier alpha value is -6.40. The number of amides is 6. The lowest BCUT2D eigenvalue weighted by Gasteiger charge is -2.32. The maximum atomic E-state index is 14.8. The Kier molecular flexibility index (Phi) is 21.9. The number of nitrogens with zero attached hydrogens (tertiary/aromatic N) is 1. The van der Waals surface area contributed by atoms with E-state index in [0.717, 1.165) is 12.0 Å². The number of carbonyl (C=O) groups is 7. The molecule has 4 bridgehead atoms. The number of carbonyl (C=O) groups excluding carboxylic acids is 7. The second-order valence-corrected chi connectivity index (χ2v) is 21.7. The van der Waals surface area contributed by atoms with Gasteiger partial charge in [0.1, 0.15) is 65.7 Å². The first-order valence-corrected chi connectivity index (χ1v) is 25.1. The Morgan fingerprint density at radius 3 is 1.72 bits per heavy atom. The Balaban J connectivity index is 2.29. The van der Waals surface area contributed by atoms with Crippen LogP contribution in [0.25, 0.3) is 11.1 Å². The van der Waals surface area contributed by atoms with Gasteiger partial charge in [-0.05, 0) is 118 Å². The zero-order chi connectivity index (χ0) is 54.2. The number of rotatable bonds is 19. The molecule has 402 valence electrons. The van der Waals surface area contributed by atoms with Crippen LogP contribution < -0.4 is 46.1 Å². The van der Waals surface area contributed by atoms with Gasteiger partial charge in [0.2, 0.25) is 27.7 Å². The monoisotopic (exact) mass is 1030 g/mol. The summed E-state index contributed by atoms with van der Waals surface area (Å²) in [5.74, 6) is -3.32. The molecule has 1 aliphatic heterocycles. The Bertz CT molecular complexity index is 2340. The topological polar surface area (TPSA) is 296 Å². The lowest BCUT2D eigenvalue weighted by Crippen LogP contribution is -2.55. The van der Waals surface area contributed by atoms with E-state index in [1.165, 1.54) is 26.1 Å². The van der Waals surface area contributed by atoms with Crippen LogP contribution >= 0.6 is 0 Å². The standard InChI is InChI=1S/C48H74N8O15S/c1-29-39(57)54-35(42(60)66-13)27-30-14-16-36(67-23-20-51-44(62)70-47(5,6)7)32(26-30)33-28-31(15-17-37(33)68-24-21-52-45(63)71-48(8,9)10)38(40(58)53-29)56(12)41(59)34(55-72(64,65)25-22-49-11)18-19-50-43(61)69-46(2,3)4/h14-17,26,28-29,34-35,38,49,55H,18-25,27H2,1-13H3,(H,50,61)(H,51,62)(H,52,63)(H,53,58)(H,54,57)/t29-,34-,35-,38-/m0/s1. The summed E-state index contributed by atoms with van der Waals surface area (Å²) >= 11 is 0. The Morgan fingerprint density at radius 2 is 1.22 bits per heavy atom. The van der Waals surface area contributed by atoms with Crippen molar-refractivity contribution >= 4 is 52.0 Å². The van der Waals surface area contributed by atoms with Gasteiger partial charge in [-0.1, -0.05) is 12.1 Å². The number of benzene rings is 2. The normalized spacial score (nSPS) is 16.8. The van der Waals surface area contributed by atoms with Crippen LogP contribution in [0.4, 0.5) is 14.4 Å². The summed E-state index contributed by atoms with van der Waals surface area (Å²) in [7, 11) is -0.155. The first-order valence-electron chi connectivity index (χ1n) is 23.5. The van der Waals surface area contributed by atoms with E-state index >= 15 is 0 Å². The van der Waals surface area contributed by atoms with Crippen molar-refractivity contribution in [3.8, 4) is 22.6 Å². The molecule has 2 aromatic carbocycles. The predicted octanol–water partition coefficient (Wildman–Crippen LogP) is 2.80.